The van der Waals surface area contributed by atoms with Crippen molar-refractivity contribution in [3.05, 3.63) is 35.4 Å². The number of nitrogens with zero attached hydrogens (tertiary/aromatic N) is 1. The zero-order valence-electron chi connectivity index (χ0n) is 9.85. The van der Waals surface area contributed by atoms with Crippen molar-refractivity contribution >= 4 is 16.7 Å². The number of fused-ring (bicyclic) bond motifs is 1. The smallest absolute Gasteiger partial charge is 0.135 e. The number of hydrogen-bond donors (Lipinski definition) is 1. The lowest BCUT2D eigenvalue weighted by Gasteiger charge is -2.09. The summed E-state index contributed by atoms with van der Waals surface area (Å²) in [6.45, 7) is 4.69. The monoisotopic (exact) mass is 236 g/mol. The van der Waals surface area contributed by atoms with Gasteiger partial charge in [-0.1, -0.05) is 6.92 Å². The molecule has 0 radical (unpaired) electrons. The highest BCUT2D eigenvalue weighted by molar-refractivity contribution is 5.82. The number of pyridine rings is 1. The highest BCUT2D eigenvalue weighted by Crippen LogP contribution is 2.23. The number of anilines is 1. The predicted octanol–water partition coefficient (Wildman–Crippen LogP) is 3.64. The van der Waals surface area contributed by atoms with Gasteiger partial charge in [-0.2, -0.15) is 0 Å². The third-order valence-corrected chi connectivity index (χ3v) is 2.58. The van der Waals surface area contributed by atoms with Crippen LogP contribution in [0.25, 0.3) is 10.9 Å². The number of halogens is 2. The van der Waals surface area contributed by atoms with Crippen molar-refractivity contribution in [1.29, 1.82) is 0 Å². The lowest BCUT2D eigenvalue weighted by molar-refractivity contribution is 0.591. The molecule has 2 nitrogen and oxygen atoms in total. The molecule has 0 saturated heterocycles. The molecule has 4 heteroatoms. The molecule has 0 amide bonds. The van der Waals surface area contributed by atoms with Crippen LogP contribution in [0.4, 0.5) is 14.6 Å². The largest absolute Gasteiger partial charge is 0.370 e. The minimum absolute atomic E-state index is 0.340. The SMILES string of the molecule is CCCNc1nc2cc(F)cc(F)c2cc1C. The van der Waals surface area contributed by atoms with Crippen LogP contribution in [0.3, 0.4) is 0 Å². The summed E-state index contributed by atoms with van der Waals surface area (Å²) in [5.41, 5.74) is 1.20. The average molecular weight is 236 g/mol. The second-order valence-corrected chi connectivity index (χ2v) is 4.03. The summed E-state index contributed by atoms with van der Waals surface area (Å²) in [5.74, 6) is -0.491. The van der Waals surface area contributed by atoms with E-state index in [0.717, 1.165) is 24.6 Å². The van der Waals surface area contributed by atoms with Gasteiger partial charge in [0.1, 0.15) is 17.5 Å². The number of nitrogens with one attached hydrogen (secondary N) is 1. The van der Waals surface area contributed by atoms with Crippen LogP contribution >= 0.6 is 0 Å². The second kappa shape index (κ2) is 4.65. The number of rotatable bonds is 3. The lowest BCUT2D eigenvalue weighted by atomic mass is 10.1. The topological polar surface area (TPSA) is 24.9 Å². The molecular formula is C13H14F2N2. The molecule has 17 heavy (non-hydrogen) atoms. The van der Waals surface area contributed by atoms with E-state index in [4.69, 9.17) is 0 Å². The molecule has 1 N–H and O–H groups in total. The Balaban J connectivity index is 2.55. The molecule has 2 aromatic rings. The first-order valence-electron chi connectivity index (χ1n) is 5.62. The first-order chi connectivity index (χ1) is 8.11. The number of benzene rings is 1. The second-order valence-electron chi connectivity index (χ2n) is 4.03. The quantitative estimate of drug-likeness (QED) is 0.880. The third kappa shape index (κ3) is 2.35. The van der Waals surface area contributed by atoms with Gasteiger partial charge in [0.25, 0.3) is 0 Å². The standard InChI is InChI=1S/C13H14F2N2/c1-3-4-16-13-8(2)5-10-11(15)6-9(14)7-12(10)17-13/h5-7H,3-4H2,1-2H3,(H,16,17). The van der Waals surface area contributed by atoms with Crippen molar-refractivity contribution in [3.8, 4) is 0 Å². The van der Waals surface area contributed by atoms with Crippen LogP contribution in [0.15, 0.2) is 18.2 Å². The van der Waals surface area contributed by atoms with Crippen molar-refractivity contribution in [1.82, 2.24) is 4.98 Å². The highest BCUT2D eigenvalue weighted by Gasteiger charge is 2.08. The van der Waals surface area contributed by atoms with Crippen molar-refractivity contribution in [2.45, 2.75) is 20.3 Å². The lowest BCUT2D eigenvalue weighted by Crippen LogP contribution is -2.04. The molecule has 0 bridgehead atoms. The normalized spacial score (nSPS) is 10.8. The number of aryl methyl sites for hydroxylation is 1. The fourth-order valence-corrected chi connectivity index (χ4v) is 1.72. The summed E-state index contributed by atoms with van der Waals surface area (Å²) in [7, 11) is 0. The molecule has 1 aromatic carbocycles. The van der Waals surface area contributed by atoms with Gasteiger partial charge in [0.05, 0.1) is 5.52 Å². The Morgan fingerprint density at radius 1 is 1.24 bits per heavy atom. The minimum atomic E-state index is -0.604. The average Bonchev–Trinajstić information content (AvgIpc) is 2.27. The van der Waals surface area contributed by atoms with Gasteiger partial charge in [0.2, 0.25) is 0 Å². The fraction of sp³-hybridized carbons (Fsp3) is 0.308. The van der Waals surface area contributed by atoms with E-state index in [1.54, 1.807) is 6.07 Å². The van der Waals surface area contributed by atoms with E-state index in [-0.39, 0.29) is 0 Å². The van der Waals surface area contributed by atoms with E-state index in [1.165, 1.54) is 6.07 Å². The van der Waals surface area contributed by atoms with Gasteiger partial charge >= 0.3 is 0 Å². The maximum absolute atomic E-state index is 13.5. The molecule has 0 unspecified atom stereocenters. The molecule has 0 aliphatic heterocycles. The van der Waals surface area contributed by atoms with E-state index in [9.17, 15) is 8.78 Å². The maximum atomic E-state index is 13.5. The molecule has 0 saturated carbocycles. The van der Waals surface area contributed by atoms with E-state index >= 15 is 0 Å². The summed E-state index contributed by atoms with van der Waals surface area (Å²) in [6, 6.07) is 3.81. The van der Waals surface area contributed by atoms with Crippen LogP contribution in [-0.4, -0.2) is 11.5 Å². The van der Waals surface area contributed by atoms with Gasteiger partial charge in [-0.3, -0.25) is 0 Å². The summed E-state index contributed by atoms with van der Waals surface area (Å²) in [5, 5.41) is 3.49. The van der Waals surface area contributed by atoms with Crippen molar-refractivity contribution in [2.75, 3.05) is 11.9 Å². The molecule has 0 fully saturated rings. The summed E-state index contributed by atoms with van der Waals surface area (Å²) < 4.78 is 26.6. The molecule has 1 heterocycles. The molecule has 0 aliphatic carbocycles. The van der Waals surface area contributed by atoms with Gasteiger partial charge in [-0.05, 0) is 25.0 Å². The first-order valence-corrected chi connectivity index (χ1v) is 5.62. The van der Waals surface area contributed by atoms with E-state index in [0.29, 0.717) is 16.7 Å². The zero-order chi connectivity index (χ0) is 12.4. The fourth-order valence-electron chi connectivity index (χ4n) is 1.72. The maximum Gasteiger partial charge on any atom is 0.135 e. The molecule has 1 aromatic heterocycles. The highest BCUT2D eigenvalue weighted by atomic mass is 19.1. The van der Waals surface area contributed by atoms with Gasteiger partial charge < -0.3 is 5.32 Å². The van der Waals surface area contributed by atoms with Crippen LogP contribution in [0.2, 0.25) is 0 Å². The molecule has 90 valence electrons. The van der Waals surface area contributed by atoms with Gasteiger partial charge in [0, 0.05) is 24.1 Å². The molecule has 0 aliphatic rings. The summed E-state index contributed by atoms with van der Waals surface area (Å²) >= 11 is 0. The first kappa shape index (κ1) is 11.8. The Labute approximate surface area is 98.7 Å². The summed E-state index contributed by atoms with van der Waals surface area (Å²) in [6.07, 6.45) is 0.969. The van der Waals surface area contributed by atoms with Gasteiger partial charge in [0.15, 0.2) is 0 Å². The zero-order valence-corrected chi connectivity index (χ0v) is 9.85. The third-order valence-electron chi connectivity index (χ3n) is 2.58. The molecule has 0 atom stereocenters. The molecule has 0 spiro atoms. The summed E-state index contributed by atoms with van der Waals surface area (Å²) in [4.78, 5) is 4.24. The Morgan fingerprint density at radius 3 is 2.71 bits per heavy atom. The van der Waals surface area contributed by atoms with Crippen LogP contribution in [-0.2, 0) is 0 Å². The van der Waals surface area contributed by atoms with E-state index in [1.807, 2.05) is 13.8 Å². The van der Waals surface area contributed by atoms with Crippen molar-refractivity contribution < 1.29 is 8.78 Å². The van der Waals surface area contributed by atoms with Crippen molar-refractivity contribution in [2.24, 2.45) is 0 Å². The molecular weight excluding hydrogens is 222 g/mol. The predicted molar refractivity (Wildman–Crippen MR) is 65.2 cm³/mol. The number of hydrogen-bond acceptors (Lipinski definition) is 2. The van der Waals surface area contributed by atoms with E-state index in [2.05, 4.69) is 10.3 Å². The van der Waals surface area contributed by atoms with Crippen molar-refractivity contribution in [3.63, 3.8) is 0 Å². The van der Waals surface area contributed by atoms with Crippen LogP contribution < -0.4 is 5.32 Å². The Bertz CT molecular complexity index is 553. The Hall–Kier alpha value is -1.71. The van der Waals surface area contributed by atoms with Crippen LogP contribution in [0, 0.1) is 18.6 Å². The number of aromatic nitrogens is 1. The van der Waals surface area contributed by atoms with Gasteiger partial charge in [-0.25, -0.2) is 13.8 Å². The minimum Gasteiger partial charge on any atom is -0.370 e. The molecule has 2 rings (SSSR count). The van der Waals surface area contributed by atoms with E-state index < -0.39 is 11.6 Å². The Kier molecular flexibility index (Phi) is 3.22. The van der Waals surface area contributed by atoms with Gasteiger partial charge in [-0.15, -0.1) is 0 Å². The Morgan fingerprint density at radius 2 is 2.00 bits per heavy atom. The van der Waals surface area contributed by atoms with Crippen LogP contribution in [0.1, 0.15) is 18.9 Å². The van der Waals surface area contributed by atoms with Crippen LogP contribution in [0.5, 0.6) is 0 Å².